The summed E-state index contributed by atoms with van der Waals surface area (Å²) in [5, 5.41) is 0. The SMILES string of the molecule is Cc1nccn(C[B-](F)(F)F)c1=O.[K+]. The van der Waals surface area contributed by atoms with Crippen molar-refractivity contribution in [2.45, 2.75) is 13.4 Å². The number of aromatic nitrogens is 2. The molecule has 14 heavy (non-hydrogen) atoms. The Labute approximate surface area is 121 Å². The number of hydrogen-bond acceptors (Lipinski definition) is 2. The molecule has 72 valence electrons. The zero-order valence-electron chi connectivity index (χ0n) is 7.88. The first-order valence-corrected chi connectivity index (χ1v) is 3.63. The zero-order chi connectivity index (χ0) is 10.1. The Hall–Kier alpha value is 0.371. The summed E-state index contributed by atoms with van der Waals surface area (Å²) in [6.45, 7) is -3.60. The predicted molar refractivity (Wildman–Crippen MR) is 42.3 cm³/mol. The molecule has 1 aromatic heterocycles. The van der Waals surface area contributed by atoms with E-state index in [2.05, 4.69) is 4.98 Å². The minimum Gasteiger partial charge on any atom is -0.448 e. The van der Waals surface area contributed by atoms with Crippen molar-refractivity contribution in [1.82, 2.24) is 9.55 Å². The molecule has 1 heterocycles. The summed E-state index contributed by atoms with van der Waals surface area (Å²) >= 11 is 0. The normalized spacial score (nSPS) is 10.9. The van der Waals surface area contributed by atoms with Crippen LogP contribution in [-0.2, 0) is 6.44 Å². The van der Waals surface area contributed by atoms with Crippen LogP contribution in [0.3, 0.4) is 0 Å². The van der Waals surface area contributed by atoms with Crippen LogP contribution in [-0.4, -0.2) is 16.5 Å². The van der Waals surface area contributed by atoms with E-state index in [1.54, 1.807) is 0 Å². The molecule has 0 radical (unpaired) electrons. The second-order valence-electron chi connectivity index (χ2n) is 2.68. The summed E-state index contributed by atoms with van der Waals surface area (Å²) in [4.78, 5) is 14.6. The standard InChI is InChI=1S/C6H7BF3N2O.K/c1-5-6(13)12(3-2-11-5)4-7(8,9)10;/h2-3H,4H2,1H3;/q-1;+1. The molecule has 0 amide bonds. The van der Waals surface area contributed by atoms with Crippen molar-refractivity contribution in [3.05, 3.63) is 28.4 Å². The van der Waals surface area contributed by atoms with Crippen LogP contribution >= 0.6 is 0 Å². The molecular formula is C6H7BF3KN2O. The minimum atomic E-state index is -4.98. The van der Waals surface area contributed by atoms with Gasteiger partial charge in [-0.05, 0) is 13.4 Å². The summed E-state index contributed by atoms with van der Waals surface area (Å²) < 4.78 is 36.4. The molecule has 0 fully saturated rings. The monoisotopic (exact) mass is 230 g/mol. The Bertz CT molecular complexity index is 365. The molecule has 0 aromatic carbocycles. The van der Waals surface area contributed by atoms with E-state index in [4.69, 9.17) is 0 Å². The van der Waals surface area contributed by atoms with Crippen LogP contribution in [0.5, 0.6) is 0 Å². The van der Waals surface area contributed by atoms with Gasteiger partial charge in [-0.25, -0.2) is 0 Å². The third kappa shape index (κ3) is 4.26. The quantitative estimate of drug-likeness (QED) is 0.548. The van der Waals surface area contributed by atoms with Gasteiger partial charge in [0.2, 0.25) is 0 Å². The molecule has 0 spiro atoms. The number of hydrogen-bond donors (Lipinski definition) is 0. The Morgan fingerprint density at radius 1 is 1.50 bits per heavy atom. The molecule has 0 aliphatic rings. The van der Waals surface area contributed by atoms with Crippen LogP contribution in [0.1, 0.15) is 5.69 Å². The van der Waals surface area contributed by atoms with Crippen LogP contribution in [0.2, 0.25) is 0 Å². The maximum Gasteiger partial charge on any atom is 1.00 e. The van der Waals surface area contributed by atoms with E-state index < -0.39 is 19.0 Å². The summed E-state index contributed by atoms with van der Waals surface area (Å²) in [5.74, 6) is 0. The summed E-state index contributed by atoms with van der Waals surface area (Å²) in [6.07, 6.45) is 1.01. The van der Waals surface area contributed by atoms with Gasteiger partial charge in [0.1, 0.15) is 5.69 Å². The molecular weight excluding hydrogens is 223 g/mol. The van der Waals surface area contributed by atoms with Crippen LogP contribution in [0.15, 0.2) is 17.2 Å². The van der Waals surface area contributed by atoms with Crippen molar-refractivity contribution in [2.24, 2.45) is 0 Å². The third-order valence-electron chi connectivity index (χ3n) is 1.49. The van der Waals surface area contributed by atoms with Crippen LogP contribution in [0, 0.1) is 6.92 Å². The van der Waals surface area contributed by atoms with E-state index in [1.807, 2.05) is 0 Å². The Morgan fingerprint density at radius 2 is 2.07 bits per heavy atom. The van der Waals surface area contributed by atoms with E-state index in [9.17, 15) is 17.7 Å². The molecule has 0 unspecified atom stereocenters. The van der Waals surface area contributed by atoms with Gasteiger partial charge >= 0.3 is 58.4 Å². The molecule has 8 heteroatoms. The van der Waals surface area contributed by atoms with Crippen molar-refractivity contribution >= 4 is 6.98 Å². The number of nitrogens with zero attached hydrogens (tertiary/aromatic N) is 2. The van der Waals surface area contributed by atoms with Crippen molar-refractivity contribution in [1.29, 1.82) is 0 Å². The fourth-order valence-corrected chi connectivity index (χ4v) is 0.923. The third-order valence-corrected chi connectivity index (χ3v) is 1.49. The van der Waals surface area contributed by atoms with Gasteiger partial charge in [0.05, 0.1) is 0 Å². The van der Waals surface area contributed by atoms with Gasteiger partial charge in [0.15, 0.2) is 0 Å². The molecule has 0 atom stereocenters. The first kappa shape index (κ1) is 14.4. The number of aryl methyl sites for hydroxylation is 1. The first-order chi connectivity index (χ1) is 5.90. The molecule has 0 aliphatic heterocycles. The van der Waals surface area contributed by atoms with Gasteiger partial charge in [0.25, 0.3) is 5.56 Å². The van der Waals surface area contributed by atoms with E-state index in [0.29, 0.717) is 4.57 Å². The fraction of sp³-hybridized carbons (Fsp3) is 0.333. The second kappa shape index (κ2) is 5.45. The Morgan fingerprint density at radius 3 is 2.57 bits per heavy atom. The maximum absolute atomic E-state index is 11.9. The molecule has 1 aromatic rings. The van der Waals surface area contributed by atoms with Gasteiger partial charge in [-0.2, -0.15) is 0 Å². The smallest absolute Gasteiger partial charge is 0.448 e. The van der Waals surface area contributed by atoms with Crippen molar-refractivity contribution in [3.8, 4) is 0 Å². The van der Waals surface area contributed by atoms with Gasteiger partial charge in [-0.1, -0.05) is 0 Å². The Kier molecular flexibility index (Phi) is 5.60. The molecule has 0 aliphatic carbocycles. The molecule has 0 saturated heterocycles. The number of rotatable bonds is 2. The van der Waals surface area contributed by atoms with E-state index >= 15 is 0 Å². The van der Waals surface area contributed by atoms with Crippen molar-refractivity contribution in [2.75, 3.05) is 0 Å². The van der Waals surface area contributed by atoms with Gasteiger partial charge < -0.3 is 17.5 Å². The van der Waals surface area contributed by atoms with Crippen molar-refractivity contribution in [3.63, 3.8) is 0 Å². The summed E-state index contributed by atoms with van der Waals surface area (Å²) in [7, 11) is 0. The first-order valence-electron chi connectivity index (χ1n) is 3.63. The van der Waals surface area contributed by atoms with Crippen LogP contribution < -0.4 is 56.9 Å². The summed E-state index contributed by atoms with van der Waals surface area (Å²) in [5.41, 5.74) is -0.621. The van der Waals surface area contributed by atoms with Gasteiger partial charge in [-0.15, -0.1) is 0 Å². The molecule has 3 nitrogen and oxygen atoms in total. The van der Waals surface area contributed by atoms with E-state index in [1.165, 1.54) is 13.1 Å². The zero-order valence-corrected chi connectivity index (χ0v) is 11.0. The number of halogens is 3. The minimum absolute atomic E-state index is 0. The maximum atomic E-state index is 11.9. The largest absolute Gasteiger partial charge is 1.00 e. The molecule has 0 bridgehead atoms. The van der Waals surface area contributed by atoms with Crippen LogP contribution in [0.4, 0.5) is 12.9 Å². The summed E-state index contributed by atoms with van der Waals surface area (Å²) in [6, 6.07) is 0. The molecule has 0 N–H and O–H groups in total. The average molecular weight is 230 g/mol. The average Bonchev–Trinajstić information content (AvgIpc) is 1.96. The Balaban J connectivity index is 0.00000169. The van der Waals surface area contributed by atoms with Crippen molar-refractivity contribution < 1.29 is 64.3 Å². The van der Waals surface area contributed by atoms with E-state index in [0.717, 1.165) is 6.20 Å². The topological polar surface area (TPSA) is 34.9 Å². The molecule has 1 rings (SSSR count). The molecule has 0 saturated carbocycles. The van der Waals surface area contributed by atoms with Crippen LogP contribution in [0.25, 0.3) is 0 Å². The van der Waals surface area contributed by atoms with Gasteiger partial charge in [0, 0.05) is 12.4 Å². The predicted octanol–water partition coefficient (Wildman–Crippen LogP) is -2.06. The second-order valence-corrected chi connectivity index (χ2v) is 2.68. The van der Waals surface area contributed by atoms with Gasteiger partial charge in [-0.3, -0.25) is 9.78 Å². The van der Waals surface area contributed by atoms with E-state index in [-0.39, 0.29) is 57.1 Å². The fourth-order valence-electron chi connectivity index (χ4n) is 0.923.